The molecule has 0 fully saturated rings. The number of methoxy groups -OCH3 is 1. The summed E-state index contributed by atoms with van der Waals surface area (Å²) in [6.45, 7) is 7.30. The quantitative estimate of drug-likeness (QED) is 0.826. The van der Waals surface area contributed by atoms with Crippen LogP contribution in [0.25, 0.3) is 0 Å². The summed E-state index contributed by atoms with van der Waals surface area (Å²) in [4.78, 5) is 2.05. The van der Waals surface area contributed by atoms with Gasteiger partial charge in [0.15, 0.2) is 0 Å². The van der Waals surface area contributed by atoms with Crippen molar-refractivity contribution >= 4 is 5.69 Å². The molecule has 4 heteroatoms. The van der Waals surface area contributed by atoms with Gasteiger partial charge in [-0.3, -0.25) is 0 Å². The predicted octanol–water partition coefficient (Wildman–Crippen LogP) is 3.10. The van der Waals surface area contributed by atoms with E-state index in [4.69, 9.17) is 10.5 Å². The molecule has 0 aliphatic rings. The third-order valence-electron chi connectivity index (χ3n) is 3.47. The van der Waals surface area contributed by atoms with E-state index in [0.717, 1.165) is 12.0 Å². The topological polar surface area (TPSA) is 38.5 Å². The lowest BCUT2D eigenvalue weighted by molar-refractivity contribution is 0.203. The molecule has 0 amide bonds. The Morgan fingerprint density at radius 1 is 1.37 bits per heavy atom. The van der Waals surface area contributed by atoms with E-state index in [0.29, 0.717) is 18.8 Å². The van der Waals surface area contributed by atoms with Crippen molar-refractivity contribution in [2.24, 2.45) is 5.73 Å². The minimum absolute atomic E-state index is 0.153. The van der Waals surface area contributed by atoms with Gasteiger partial charge in [0, 0.05) is 25.7 Å². The second-order valence-corrected chi connectivity index (χ2v) is 4.94. The zero-order valence-corrected chi connectivity index (χ0v) is 12.3. The number of ether oxygens (including phenoxy) is 1. The summed E-state index contributed by atoms with van der Waals surface area (Å²) >= 11 is 0. The highest BCUT2D eigenvalue weighted by molar-refractivity contribution is 5.50. The van der Waals surface area contributed by atoms with Crippen molar-refractivity contribution in [2.45, 2.75) is 39.3 Å². The number of anilines is 1. The van der Waals surface area contributed by atoms with E-state index >= 15 is 0 Å². The van der Waals surface area contributed by atoms with Gasteiger partial charge in [-0.15, -0.1) is 0 Å². The molecule has 19 heavy (non-hydrogen) atoms. The Morgan fingerprint density at radius 3 is 2.53 bits per heavy atom. The summed E-state index contributed by atoms with van der Waals surface area (Å²) in [5, 5.41) is 0. The monoisotopic (exact) mass is 268 g/mol. The zero-order chi connectivity index (χ0) is 14.4. The normalized spacial score (nSPS) is 14.2. The van der Waals surface area contributed by atoms with Crippen molar-refractivity contribution in [3.63, 3.8) is 0 Å². The van der Waals surface area contributed by atoms with Crippen LogP contribution >= 0.6 is 0 Å². The molecule has 0 saturated heterocycles. The van der Waals surface area contributed by atoms with Gasteiger partial charge in [0.1, 0.15) is 5.82 Å². The highest BCUT2D eigenvalue weighted by Crippen LogP contribution is 2.25. The Morgan fingerprint density at radius 2 is 2.05 bits per heavy atom. The summed E-state index contributed by atoms with van der Waals surface area (Å²) < 4.78 is 19.4. The van der Waals surface area contributed by atoms with Gasteiger partial charge in [0.25, 0.3) is 0 Å². The molecule has 0 radical (unpaired) electrons. The third kappa shape index (κ3) is 4.18. The first kappa shape index (κ1) is 15.9. The maximum atomic E-state index is 14.2. The van der Waals surface area contributed by atoms with Gasteiger partial charge in [-0.05, 0) is 38.0 Å². The molecule has 1 unspecified atom stereocenters. The maximum absolute atomic E-state index is 14.2. The summed E-state index contributed by atoms with van der Waals surface area (Å²) in [6.07, 6.45) is 0.957. The molecule has 1 rings (SSSR count). The van der Waals surface area contributed by atoms with Gasteiger partial charge in [-0.2, -0.15) is 0 Å². The molecule has 0 aliphatic carbocycles. The first-order valence-corrected chi connectivity index (χ1v) is 6.81. The van der Waals surface area contributed by atoms with Crippen molar-refractivity contribution in [3.05, 3.63) is 29.6 Å². The van der Waals surface area contributed by atoms with Crippen molar-refractivity contribution < 1.29 is 9.13 Å². The van der Waals surface area contributed by atoms with Crippen LogP contribution in [0, 0.1) is 5.82 Å². The predicted molar refractivity (Wildman–Crippen MR) is 78.0 cm³/mol. The smallest absolute Gasteiger partial charge is 0.146 e. The lowest BCUT2D eigenvalue weighted by Gasteiger charge is -2.31. The summed E-state index contributed by atoms with van der Waals surface area (Å²) in [6, 6.07) is 5.36. The number of hydrogen-bond donors (Lipinski definition) is 1. The molecule has 1 aromatic carbocycles. The summed E-state index contributed by atoms with van der Waals surface area (Å²) in [7, 11) is 1.66. The molecular weight excluding hydrogens is 243 g/mol. The number of rotatable bonds is 7. The first-order chi connectivity index (χ1) is 9.01. The molecule has 0 aliphatic heterocycles. The highest BCUT2D eigenvalue weighted by atomic mass is 19.1. The SMILES string of the molecule is CCC(C)N(CCOC)c1ccc([C@H](C)N)cc1F. The molecule has 0 aromatic heterocycles. The zero-order valence-electron chi connectivity index (χ0n) is 12.3. The minimum Gasteiger partial charge on any atom is -0.383 e. The molecule has 0 bridgehead atoms. The molecule has 0 saturated carbocycles. The fraction of sp³-hybridized carbons (Fsp3) is 0.600. The van der Waals surface area contributed by atoms with E-state index < -0.39 is 0 Å². The third-order valence-corrected chi connectivity index (χ3v) is 3.47. The van der Waals surface area contributed by atoms with Crippen LogP contribution in [0.2, 0.25) is 0 Å². The standard InChI is InChI=1S/C15H25FN2O/c1-5-11(2)18(8-9-19-4)15-7-6-13(12(3)17)10-14(15)16/h6-7,10-12H,5,8-9,17H2,1-4H3/t11?,12-/m0/s1. The van der Waals surface area contributed by atoms with Crippen molar-refractivity contribution in [2.75, 3.05) is 25.2 Å². The van der Waals surface area contributed by atoms with Crippen LogP contribution < -0.4 is 10.6 Å². The van der Waals surface area contributed by atoms with Crippen LogP contribution in [0.5, 0.6) is 0 Å². The average molecular weight is 268 g/mol. The number of nitrogens with two attached hydrogens (primary N) is 1. The van der Waals surface area contributed by atoms with E-state index in [1.807, 2.05) is 24.0 Å². The molecular formula is C15H25FN2O. The fourth-order valence-electron chi connectivity index (χ4n) is 2.03. The van der Waals surface area contributed by atoms with E-state index in [9.17, 15) is 4.39 Å². The van der Waals surface area contributed by atoms with Crippen molar-refractivity contribution in [1.82, 2.24) is 0 Å². The number of nitrogens with zero attached hydrogens (tertiary/aromatic N) is 1. The van der Waals surface area contributed by atoms with E-state index in [2.05, 4.69) is 13.8 Å². The largest absolute Gasteiger partial charge is 0.383 e. The summed E-state index contributed by atoms with van der Waals surface area (Å²) in [5.41, 5.74) is 7.21. The molecule has 2 N–H and O–H groups in total. The Labute approximate surface area is 115 Å². The maximum Gasteiger partial charge on any atom is 0.146 e. The second-order valence-electron chi connectivity index (χ2n) is 4.94. The van der Waals surface area contributed by atoms with Gasteiger partial charge in [-0.1, -0.05) is 13.0 Å². The molecule has 2 atom stereocenters. The molecule has 108 valence electrons. The average Bonchev–Trinajstić information content (AvgIpc) is 2.39. The van der Waals surface area contributed by atoms with Crippen LogP contribution in [0.15, 0.2) is 18.2 Å². The second kappa shape index (κ2) is 7.46. The van der Waals surface area contributed by atoms with E-state index in [-0.39, 0.29) is 17.9 Å². The van der Waals surface area contributed by atoms with Gasteiger partial charge in [0.2, 0.25) is 0 Å². The fourth-order valence-corrected chi connectivity index (χ4v) is 2.03. The van der Waals surface area contributed by atoms with Crippen LogP contribution in [0.1, 0.15) is 38.8 Å². The van der Waals surface area contributed by atoms with Gasteiger partial charge < -0.3 is 15.4 Å². The van der Waals surface area contributed by atoms with Crippen molar-refractivity contribution in [3.8, 4) is 0 Å². The van der Waals surface area contributed by atoms with Crippen LogP contribution in [-0.2, 0) is 4.74 Å². The molecule has 1 aromatic rings. The Hall–Kier alpha value is -1.13. The van der Waals surface area contributed by atoms with Gasteiger partial charge in [0.05, 0.1) is 12.3 Å². The molecule has 0 heterocycles. The molecule has 0 spiro atoms. The van der Waals surface area contributed by atoms with Crippen molar-refractivity contribution in [1.29, 1.82) is 0 Å². The van der Waals surface area contributed by atoms with Gasteiger partial charge in [-0.25, -0.2) is 4.39 Å². The molecule has 3 nitrogen and oxygen atoms in total. The Bertz CT molecular complexity index is 396. The Balaban J connectivity index is 3.01. The van der Waals surface area contributed by atoms with Crippen LogP contribution in [0.3, 0.4) is 0 Å². The number of halogens is 1. The van der Waals surface area contributed by atoms with E-state index in [1.165, 1.54) is 6.07 Å². The van der Waals surface area contributed by atoms with Gasteiger partial charge >= 0.3 is 0 Å². The summed E-state index contributed by atoms with van der Waals surface area (Å²) in [5.74, 6) is -0.216. The highest BCUT2D eigenvalue weighted by Gasteiger charge is 2.17. The van der Waals surface area contributed by atoms with E-state index in [1.54, 1.807) is 7.11 Å². The number of hydrogen-bond acceptors (Lipinski definition) is 3. The number of benzene rings is 1. The van der Waals surface area contributed by atoms with Crippen LogP contribution in [-0.4, -0.2) is 26.3 Å². The van der Waals surface area contributed by atoms with Crippen LogP contribution in [0.4, 0.5) is 10.1 Å². The Kier molecular flexibility index (Phi) is 6.25. The lowest BCUT2D eigenvalue weighted by atomic mass is 10.1. The first-order valence-electron chi connectivity index (χ1n) is 6.81. The minimum atomic E-state index is -0.216. The lowest BCUT2D eigenvalue weighted by Crippen LogP contribution is -2.36.